The molecule has 0 bridgehead atoms. The second-order valence-corrected chi connectivity index (χ2v) is 10.6. The van der Waals surface area contributed by atoms with Crippen LogP contribution in [-0.2, 0) is 20.9 Å². The van der Waals surface area contributed by atoms with E-state index in [1.165, 1.54) is 0 Å². The van der Waals surface area contributed by atoms with Gasteiger partial charge in [-0.15, -0.1) is 0 Å². The van der Waals surface area contributed by atoms with E-state index in [0.29, 0.717) is 38.1 Å². The van der Waals surface area contributed by atoms with Crippen molar-refractivity contribution in [1.29, 1.82) is 0 Å². The normalized spacial score (nSPS) is 17.4. The minimum atomic E-state index is -0.588. The third-order valence-corrected chi connectivity index (χ3v) is 7.08. The predicted molar refractivity (Wildman–Crippen MR) is 150 cm³/mol. The van der Waals surface area contributed by atoms with Crippen molar-refractivity contribution in [2.45, 2.75) is 71.9 Å². The van der Waals surface area contributed by atoms with Gasteiger partial charge in [-0.3, -0.25) is 14.4 Å². The average Bonchev–Trinajstić information content (AvgIpc) is 3.07. The van der Waals surface area contributed by atoms with E-state index in [2.05, 4.69) is 24.5 Å². The van der Waals surface area contributed by atoms with Crippen LogP contribution in [0.4, 0.5) is 0 Å². The SMILES string of the molecule is CCCC(C(=O)NC)C(CC(C)C)C(=O)N[C@H]1CCCCN(Cc2cccc(Oc3ccccc3)c2)C1=O. The van der Waals surface area contributed by atoms with E-state index in [1.807, 2.05) is 66.4 Å². The van der Waals surface area contributed by atoms with Crippen LogP contribution in [0, 0.1) is 17.8 Å². The second-order valence-electron chi connectivity index (χ2n) is 10.6. The summed E-state index contributed by atoms with van der Waals surface area (Å²) in [4.78, 5) is 41.6. The van der Waals surface area contributed by atoms with Gasteiger partial charge >= 0.3 is 0 Å². The zero-order valence-corrected chi connectivity index (χ0v) is 23.2. The molecule has 1 aliphatic rings. The Kier molecular flexibility index (Phi) is 11.2. The zero-order valence-electron chi connectivity index (χ0n) is 23.2. The minimum Gasteiger partial charge on any atom is -0.457 e. The van der Waals surface area contributed by atoms with E-state index in [0.717, 1.165) is 30.6 Å². The van der Waals surface area contributed by atoms with Crippen molar-refractivity contribution in [3.8, 4) is 11.5 Å². The highest BCUT2D eigenvalue weighted by Crippen LogP contribution is 2.27. The smallest absolute Gasteiger partial charge is 0.245 e. The van der Waals surface area contributed by atoms with Crippen LogP contribution < -0.4 is 15.4 Å². The molecule has 2 N–H and O–H groups in total. The van der Waals surface area contributed by atoms with Crippen LogP contribution in [0.25, 0.3) is 0 Å². The molecule has 0 saturated carbocycles. The van der Waals surface area contributed by atoms with E-state index in [9.17, 15) is 14.4 Å². The first-order valence-electron chi connectivity index (χ1n) is 13.9. The van der Waals surface area contributed by atoms with Crippen LogP contribution >= 0.6 is 0 Å². The van der Waals surface area contributed by atoms with E-state index in [-0.39, 0.29) is 23.6 Å². The molecule has 7 nitrogen and oxygen atoms in total. The molecule has 3 rings (SSSR count). The number of likely N-dealkylation sites (tertiary alicyclic amines) is 1. The van der Waals surface area contributed by atoms with E-state index in [1.54, 1.807) is 7.05 Å². The van der Waals surface area contributed by atoms with Crippen LogP contribution in [0.2, 0.25) is 0 Å². The van der Waals surface area contributed by atoms with Crippen LogP contribution in [0.3, 0.4) is 0 Å². The van der Waals surface area contributed by atoms with E-state index < -0.39 is 17.9 Å². The van der Waals surface area contributed by atoms with E-state index in [4.69, 9.17) is 4.74 Å². The van der Waals surface area contributed by atoms with Gasteiger partial charge in [0.25, 0.3) is 0 Å². The Morgan fingerprint density at radius 1 is 1.00 bits per heavy atom. The summed E-state index contributed by atoms with van der Waals surface area (Å²) in [7, 11) is 1.61. The molecule has 2 aromatic carbocycles. The van der Waals surface area contributed by atoms with Gasteiger partial charge in [0.2, 0.25) is 17.7 Å². The number of rotatable bonds is 12. The highest BCUT2D eigenvalue weighted by atomic mass is 16.5. The van der Waals surface area contributed by atoms with Gasteiger partial charge in [0.1, 0.15) is 17.5 Å². The van der Waals surface area contributed by atoms with Gasteiger partial charge in [0.05, 0.1) is 0 Å². The molecular formula is C31H43N3O4. The first-order valence-corrected chi connectivity index (χ1v) is 13.9. The number of benzene rings is 2. The third-order valence-electron chi connectivity index (χ3n) is 7.08. The molecule has 3 atom stereocenters. The Labute approximate surface area is 227 Å². The lowest BCUT2D eigenvalue weighted by atomic mass is 9.81. The number of hydrogen-bond acceptors (Lipinski definition) is 4. The van der Waals surface area contributed by atoms with Crippen molar-refractivity contribution >= 4 is 17.7 Å². The maximum absolute atomic E-state index is 13.6. The summed E-state index contributed by atoms with van der Waals surface area (Å²) >= 11 is 0. The number of carbonyl (C=O) groups is 3. The molecule has 3 amide bonds. The van der Waals surface area contributed by atoms with Crippen molar-refractivity contribution in [3.63, 3.8) is 0 Å². The standard InChI is InChI=1S/C31H43N3O4/c1-5-12-26(29(35)32-4)27(19-22(2)3)30(36)33-28-17-9-10-18-34(31(28)37)21-23-13-11-16-25(20-23)38-24-14-7-6-8-15-24/h6-8,11,13-16,20,22,26-28H,5,9-10,12,17-19,21H2,1-4H3,(H,32,35)(H,33,36)/t26?,27?,28-/m0/s1. The average molecular weight is 522 g/mol. The molecule has 0 spiro atoms. The number of amides is 3. The van der Waals surface area contributed by atoms with Crippen LogP contribution in [0.1, 0.15) is 64.9 Å². The topological polar surface area (TPSA) is 87.7 Å². The number of carbonyl (C=O) groups excluding carboxylic acids is 3. The first-order chi connectivity index (χ1) is 18.3. The van der Waals surface area contributed by atoms with Gasteiger partial charge in [-0.25, -0.2) is 0 Å². The molecule has 38 heavy (non-hydrogen) atoms. The second kappa shape index (κ2) is 14.6. The van der Waals surface area contributed by atoms with Crippen molar-refractivity contribution < 1.29 is 19.1 Å². The fourth-order valence-electron chi connectivity index (χ4n) is 5.20. The molecular weight excluding hydrogens is 478 g/mol. The van der Waals surface area contributed by atoms with E-state index >= 15 is 0 Å². The predicted octanol–water partition coefficient (Wildman–Crippen LogP) is 5.30. The molecule has 0 radical (unpaired) electrons. The molecule has 2 unspecified atom stereocenters. The largest absolute Gasteiger partial charge is 0.457 e. The third kappa shape index (κ3) is 8.33. The molecule has 7 heteroatoms. The first kappa shape index (κ1) is 29.2. The molecule has 0 aliphatic carbocycles. The van der Waals surface area contributed by atoms with Gasteiger partial charge in [-0.2, -0.15) is 0 Å². The van der Waals surface area contributed by atoms with Crippen molar-refractivity contribution in [2.24, 2.45) is 17.8 Å². The lowest BCUT2D eigenvalue weighted by Gasteiger charge is -2.29. The number of hydrogen-bond donors (Lipinski definition) is 2. The van der Waals surface area contributed by atoms with Crippen molar-refractivity contribution in [2.75, 3.05) is 13.6 Å². The maximum Gasteiger partial charge on any atom is 0.245 e. The Balaban J connectivity index is 1.72. The highest BCUT2D eigenvalue weighted by Gasteiger charge is 2.36. The van der Waals surface area contributed by atoms with Crippen molar-refractivity contribution in [3.05, 3.63) is 60.2 Å². The Morgan fingerprint density at radius 3 is 2.42 bits per heavy atom. The number of para-hydroxylation sites is 1. The summed E-state index contributed by atoms with van der Waals surface area (Å²) < 4.78 is 5.97. The fraction of sp³-hybridized carbons (Fsp3) is 0.516. The van der Waals surface area contributed by atoms with Crippen LogP contribution in [-0.4, -0.2) is 42.3 Å². The summed E-state index contributed by atoms with van der Waals surface area (Å²) in [5, 5.41) is 5.79. The number of ether oxygens (including phenoxy) is 1. The number of nitrogens with one attached hydrogen (secondary N) is 2. The summed E-state index contributed by atoms with van der Waals surface area (Å²) in [6.07, 6.45) is 4.38. The highest BCUT2D eigenvalue weighted by molar-refractivity contribution is 5.91. The molecule has 1 fully saturated rings. The molecule has 206 valence electrons. The minimum absolute atomic E-state index is 0.0690. The number of nitrogens with zero attached hydrogens (tertiary/aromatic N) is 1. The molecule has 1 heterocycles. The van der Waals surface area contributed by atoms with Gasteiger partial charge in [-0.05, 0) is 67.9 Å². The lowest BCUT2D eigenvalue weighted by molar-refractivity contribution is -0.140. The van der Waals surface area contributed by atoms with Gasteiger partial charge in [-0.1, -0.05) is 57.5 Å². The Morgan fingerprint density at radius 2 is 1.74 bits per heavy atom. The molecule has 0 aromatic heterocycles. The summed E-state index contributed by atoms with van der Waals surface area (Å²) in [6.45, 7) is 7.22. The molecule has 2 aromatic rings. The van der Waals surface area contributed by atoms with Gasteiger partial charge in [0.15, 0.2) is 0 Å². The quantitative estimate of drug-likeness (QED) is 0.397. The summed E-state index contributed by atoms with van der Waals surface area (Å²) in [5.74, 6) is 0.476. The monoisotopic (exact) mass is 521 g/mol. The van der Waals surface area contributed by atoms with Crippen LogP contribution in [0.15, 0.2) is 54.6 Å². The lowest BCUT2D eigenvalue weighted by Crippen LogP contribution is -2.51. The fourth-order valence-corrected chi connectivity index (χ4v) is 5.20. The van der Waals surface area contributed by atoms with Crippen molar-refractivity contribution in [1.82, 2.24) is 15.5 Å². The summed E-state index contributed by atoms with van der Waals surface area (Å²) in [5.41, 5.74) is 0.971. The maximum atomic E-state index is 13.6. The molecule has 1 aliphatic heterocycles. The van der Waals surface area contributed by atoms with Gasteiger partial charge < -0.3 is 20.3 Å². The Bertz CT molecular complexity index is 1060. The Hall–Kier alpha value is -3.35. The molecule has 1 saturated heterocycles. The zero-order chi connectivity index (χ0) is 27.5. The van der Waals surface area contributed by atoms with Crippen LogP contribution in [0.5, 0.6) is 11.5 Å². The summed E-state index contributed by atoms with van der Waals surface area (Å²) in [6, 6.07) is 16.8. The van der Waals surface area contributed by atoms with Gasteiger partial charge in [0, 0.05) is 32.0 Å².